The number of hydrogen-bond donors (Lipinski definition) is 2. The first-order chi connectivity index (χ1) is 8.45. The molecule has 108 valence electrons. The topological polar surface area (TPSA) is 44.7 Å². The van der Waals surface area contributed by atoms with Gasteiger partial charge in [0.1, 0.15) is 0 Å². The third-order valence-corrected chi connectivity index (χ3v) is 3.43. The van der Waals surface area contributed by atoms with E-state index in [0.717, 1.165) is 26.3 Å². The zero-order valence-corrected chi connectivity index (χ0v) is 12.4. The molecule has 0 aromatic carbocycles. The minimum atomic E-state index is -0.224. The molecule has 0 radical (unpaired) electrons. The van der Waals surface area contributed by atoms with Gasteiger partial charge in [-0.15, -0.1) is 0 Å². The largest absolute Gasteiger partial charge is 0.394 e. The third-order valence-electron chi connectivity index (χ3n) is 3.43. The lowest BCUT2D eigenvalue weighted by Gasteiger charge is -2.36. The summed E-state index contributed by atoms with van der Waals surface area (Å²) in [5, 5.41) is 13.0. The molecule has 0 bridgehead atoms. The van der Waals surface area contributed by atoms with Crippen molar-refractivity contribution >= 4 is 0 Å². The van der Waals surface area contributed by atoms with Gasteiger partial charge in [0.15, 0.2) is 0 Å². The van der Waals surface area contributed by atoms with Gasteiger partial charge in [0, 0.05) is 25.7 Å². The standard InChI is InChI=1S/C14H30N2O2/c1-12(2)15-14(3,11-17)10-16(4)8-13-6-5-7-18-9-13/h12-13,15,17H,5-11H2,1-4H3. The van der Waals surface area contributed by atoms with E-state index in [1.165, 1.54) is 12.8 Å². The van der Waals surface area contributed by atoms with E-state index in [1.54, 1.807) is 0 Å². The zero-order valence-electron chi connectivity index (χ0n) is 12.4. The molecule has 2 N–H and O–H groups in total. The van der Waals surface area contributed by atoms with Crippen LogP contribution in [0.25, 0.3) is 0 Å². The molecule has 1 fully saturated rings. The van der Waals surface area contributed by atoms with Gasteiger partial charge in [-0.05, 0) is 32.7 Å². The van der Waals surface area contributed by atoms with Gasteiger partial charge < -0.3 is 20.1 Å². The number of nitrogens with zero attached hydrogens (tertiary/aromatic N) is 1. The van der Waals surface area contributed by atoms with Crippen molar-refractivity contribution in [3.63, 3.8) is 0 Å². The van der Waals surface area contributed by atoms with Crippen molar-refractivity contribution in [1.29, 1.82) is 0 Å². The van der Waals surface area contributed by atoms with Crippen LogP contribution in [0.5, 0.6) is 0 Å². The van der Waals surface area contributed by atoms with E-state index >= 15 is 0 Å². The first kappa shape index (κ1) is 15.9. The number of ether oxygens (including phenoxy) is 1. The lowest BCUT2D eigenvalue weighted by molar-refractivity contribution is 0.0349. The monoisotopic (exact) mass is 258 g/mol. The van der Waals surface area contributed by atoms with E-state index in [4.69, 9.17) is 4.74 Å². The molecule has 1 rings (SSSR count). The number of nitrogens with one attached hydrogen (secondary N) is 1. The van der Waals surface area contributed by atoms with E-state index in [2.05, 4.69) is 38.0 Å². The van der Waals surface area contributed by atoms with Crippen molar-refractivity contribution in [3.05, 3.63) is 0 Å². The molecule has 18 heavy (non-hydrogen) atoms. The van der Waals surface area contributed by atoms with Gasteiger partial charge in [-0.1, -0.05) is 13.8 Å². The first-order valence-electron chi connectivity index (χ1n) is 7.10. The Bertz CT molecular complexity index is 230. The molecule has 0 amide bonds. The fourth-order valence-electron chi connectivity index (χ4n) is 2.89. The molecule has 1 aliphatic heterocycles. The highest BCUT2D eigenvalue weighted by Gasteiger charge is 2.27. The second kappa shape index (κ2) is 7.43. The summed E-state index contributed by atoms with van der Waals surface area (Å²) < 4.78 is 5.51. The predicted octanol–water partition coefficient (Wildman–Crippen LogP) is 1.09. The van der Waals surface area contributed by atoms with Gasteiger partial charge in [-0.3, -0.25) is 0 Å². The molecule has 0 saturated carbocycles. The molecule has 1 aliphatic rings. The van der Waals surface area contributed by atoms with Crippen LogP contribution < -0.4 is 5.32 Å². The van der Waals surface area contributed by atoms with Gasteiger partial charge in [0.05, 0.1) is 18.8 Å². The Labute approximate surface area is 112 Å². The first-order valence-corrected chi connectivity index (χ1v) is 7.10. The van der Waals surface area contributed by atoms with Gasteiger partial charge in [-0.25, -0.2) is 0 Å². The number of aliphatic hydroxyl groups is 1. The summed E-state index contributed by atoms with van der Waals surface area (Å²) in [6, 6.07) is 0.383. The zero-order chi connectivity index (χ0) is 13.6. The number of rotatable bonds is 7. The molecule has 0 spiro atoms. The molecule has 4 nitrogen and oxygen atoms in total. The van der Waals surface area contributed by atoms with Crippen molar-refractivity contribution < 1.29 is 9.84 Å². The maximum Gasteiger partial charge on any atom is 0.0623 e. The maximum atomic E-state index is 9.58. The Balaban J connectivity index is 2.38. The van der Waals surface area contributed by atoms with Crippen LogP contribution in [-0.4, -0.2) is 61.5 Å². The lowest BCUT2D eigenvalue weighted by Crippen LogP contribution is -2.56. The number of hydrogen-bond acceptors (Lipinski definition) is 4. The average Bonchev–Trinajstić information content (AvgIpc) is 2.28. The van der Waals surface area contributed by atoms with Gasteiger partial charge in [0.25, 0.3) is 0 Å². The van der Waals surface area contributed by atoms with Crippen molar-refractivity contribution in [2.75, 3.05) is 40.0 Å². The highest BCUT2D eigenvalue weighted by atomic mass is 16.5. The Kier molecular flexibility index (Phi) is 6.57. The van der Waals surface area contributed by atoms with E-state index < -0.39 is 0 Å². The van der Waals surface area contributed by atoms with Crippen LogP contribution in [0.3, 0.4) is 0 Å². The second-order valence-corrected chi connectivity index (χ2v) is 6.30. The molecule has 2 unspecified atom stereocenters. The summed E-state index contributed by atoms with van der Waals surface area (Å²) in [5.74, 6) is 0.644. The van der Waals surface area contributed by atoms with Crippen molar-refractivity contribution in [2.45, 2.75) is 45.2 Å². The summed E-state index contributed by atoms with van der Waals surface area (Å²) in [6.45, 7) is 10.2. The smallest absolute Gasteiger partial charge is 0.0623 e. The predicted molar refractivity (Wildman–Crippen MR) is 74.8 cm³/mol. The van der Waals surface area contributed by atoms with Crippen molar-refractivity contribution in [2.24, 2.45) is 5.92 Å². The third kappa shape index (κ3) is 5.65. The molecular weight excluding hydrogens is 228 g/mol. The maximum absolute atomic E-state index is 9.58. The van der Waals surface area contributed by atoms with E-state index in [9.17, 15) is 5.11 Å². The molecule has 0 aromatic heterocycles. The van der Waals surface area contributed by atoms with Crippen molar-refractivity contribution in [3.8, 4) is 0 Å². The summed E-state index contributed by atoms with van der Waals surface area (Å²) in [6.07, 6.45) is 2.44. The van der Waals surface area contributed by atoms with Crippen molar-refractivity contribution in [1.82, 2.24) is 10.2 Å². The SMILES string of the molecule is CC(C)NC(C)(CO)CN(C)CC1CCCOC1. The van der Waals surface area contributed by atoms with E-state index in [-0.39, 0.29) is 12.1 Å². The van der Waals surface area contributed by atoms with E-state index in [1.807, 2.05) is 0 Å². The number of likely N-dealkylation sites (N-methyl/N-ethyl adjacent to an activating group) is 1. The van der Waals surface area contributed by atoms with Gasteiger partial charge in [-0.2, -0.15) is 0 Å². The Morgan fingerprint density at radius 3 is 2.72 bits per heavy atom. The quantitative estimate of drug-likeness (QED) is 0.717. The molecule has 1 saturated heterocycles. The van der Waals surface area contributed by atoms with Crippen LogP contribution in [0.2, 0.25) is 0 Å². The van der Waals surface area contributed by atoms with Crippen LogP contribution in [0, 0.1) is 5.92 Å². The van der Waals surface area contributed by atoms with Crippen LogP contribution >= 0.6 is 0 Å². The average molecular weight is 258 g/mol. The van der Waals surface area contributed by atoms with Crippen LogP contribution in [0.1, 0.15) is 33.6 Å². The summed E-state index contributed by atoms with van der Waals surface area (Å²) in [4.78, 5) is 2.31. The Hall–Kier alpha value is -0.160. The second-order valence-electron chi connectivity index (χ2n) is 6.30. The molecular formula is C14H30N2O2. The fraction of sp³-hybridized carbons (Fsp3) is 1.00. The molecule has 0 aromatic rings. The molecule has 4 heteroatoms. The normalized spacial score (nSPS) is 24.5. The van der Waals surface area contributed by atoms with E-state index in [0.29, 0.717) is 12.0 Å². The Morgan fingerprint density at radius 2 is 2.22 bits per heavy atom. The van der Waals surface area contributed by atoms with Gasteiger partial charge >= 0.3 is 0 Å². The molecule has 2 atom stereocenters. The highest BCUT2D eigenvalue weighted by Crippen LogP contribution is 2.16. The minimum absolute atomic E-state index is 0.163. The minimum Gasteiger partial charge on any atom is -0.394 e. The molecule has 0 aliphatic carbocycles. The van der Waals surface area contributed by atoms with Crippen LogP contribution in [-0.2, 0) is 4.74 Å². The Morgan fingerprint density at radius 1 is 1.50 bits per heavy atom. The summed E-state index contributed by atoms with van der Waals surface area (Å²) in [5.41, 5.74) is -0.224. The lowest BCUT2D eigenvalue weighted by atomic mass is 9.98. The molecule has 1 heterocycles. The van der Waals surface area contributed by atoms with Crippen LogP contribution in [0.4, 0.5) is 0 Å². The number of aliphatic hydroxyl groups excluding tert-OH is 1. The van der Waals surface area contributed by atoms with Crippen LogP contribution in [0.15, 0.2) is 0 Å². The van der Waals surface area contributed by atoms with Gasteiger partial charge in [0.2, 0.25) is 0 Å². The summed E-state index contributed by atoms with van der Waals surface area (Å²) in [7, 11) is 2.13. The fourth-order valence-corrected chi connectivity index (χ4v) is 2.89. The summed E-state index contributed by atoms with van der Waals surface area (Å²) >= 11 is 0. The highest BCUT2D eigenvalue weighted by molar-refractivity contribution is 4.87.